The maximum absolute atomic E-state index is 12.6. The number of rotatable bonds is 2. The number of hydrogen-bond donors (Lipinski definition) is 0. The third-order valence-corrected chi connectivity index (χ3v) is 5.34. The van der Waals surface area contributed by atoms with E-state index in [-0.39, 0.29) is 5.63 Å². The molecule has 7 nitrogen and oxygen atoms in total. The summed E-state index contributed by atoms with van der Waals surface area (Å²) in [5, 5.41) is 0.889. The molecular weight excluding hydrogens is 354 g/mol. The Bertz CT molecular complexity index is 1180. The first-order valence-corrected chi connectivity index (χ1v) is 9.48. The Balaban J connectivity index is 1.53. The van der Waals surface area contributed by atoms with Gasteiger partial charge in [-0.3, -0.25) is 4.40 Å². The molecule has 1 aromatic carbocycles. The van der Waals surface area contributed by atoms with E-state index in [0.29, 0.717) is 16.8 Å². The summed E-state index contributed by atoms with van der Waals surface area (Å²) in [6, 6.07) is 9.75. The molecular formula is C21H21N5O2. The Morgan fingerprint density at radius 1 is 1.07 bits per heavy atom. The maximum Gasteiger partial charge on any atom is 0.345 e. The molecule has 28 heavy (non-hydrogen) atoms. The Morgan fingerprint density at radius 2 is 2.00 bits per heavy atom. The molecule has 1 fully saturated rings. The summed E-state index contributed by atoms with van der Waals surface area (Å²) in [6.45, 7) is 4.12. The monoisotopic (exact) mass is 375 g/mol. The number of imidazole rings is 1. The third kappa shape index (κ3) is 3.03. The fourth-order valence-electron chi connectivity index (χ4n) is 3.75. The van der Waals surface area contributed by atoms with E-state index in [0.717, 1.165) is 49.3 Å². The van der Waals surface area contributed by atoms with Gasteiger partial charge in [0.25, 0.3) is 0 Å². The molecule has 1 aliphatic heterocycles. The number of likely N-dealkylation sites (N-methyl/N-ethyl adjacent to an activating group) is 1. The zero-order valence-corrected chi connectivity index (χ0v) is 15.7. The highest BCUT2D eigenvalue weighted by Crippen LogP contribution is 2.25. The molecule has 1 saturated heterocycles. The van der Waals surface area contributed by atoms with Crippen LogP contribution < -0.4 is 10.5 Å². The van der Waals surface area contributed by atoms with Gasteiger partial charge in [-0.15, -0.1) is 0 Å². The molecule has 0 N–H and O–H groups in total. The summed E-state index contributed by atoms with van der Waals surface area (Å²) in [5.74, 6) is 0. The van der Waals surface area contributed by atoms with Gasteiger partial charge in [0.15, 0.2) is 0 Å². The highest BCUT2D eigenvalue weighted by Gasteiger charge is 2.15. The molecule has 0 bridgehead atoms. The second-order valence-corrected chi connectivity index (χ2v) is 7.29. The SMILES string of the molecule is CN1CCCN(c2ccc3cc(-c4cn5cnccc5n4)c(=O)oc3c2)CC1. The van der Waals surface area contributed by atoms with Crippen molar-refractivity contribution in [2.45, 2.75) is 6.42 Å². The third-order valence-electron chi connectivity index (χ3n) is 5.34. The minimum Gasteiger partial charge on any atom is -0.422 e. The molecule has 5 rings (SSSR count). The van der Waals surface area contributed by atoms with Gasteiger partial charge in [0, 0.05) is 49.2 Å². The van der Waals surface area contributed by atoms with E-state index in [1.165, 1.54) is 0 Å². The molecule has 0 aliphatic carbocycles. The summed E-state index contributed by atoms with van der Waals surface area (Å²) in [6.07, 6.45) is 6.26. The zero-order chi connectivity index (χ0) is 19.1. The lowest BCUT2D eigenvalue weighted by Gasteiger charge is -2.22. The molecule has 7 heteroatoms. The van der Waals surface area contributed by atoms with E-state index in [1.54, 1.807) is 29.2 Å². The minimum absolute atomic E-state index is 0.378. The maximum atomic E-state index is 12.6. The normalized spacial score (nSPS) is 16.0. The predicted molar refractivity (Wildman–Crippen MR) is 109 cm³/mol. The number of benzene rings is 1. The molecule has 0 unspecified atom stereocenters. The summed E-state index contributed by atoms with van der Waals surface area (Å²) in [4.78, 5) is 25.9. The van der Waals surface area contributed by atoms with E-state index in [9.17, 15) is 4.79 Å². The van der Waals surface area contributed by atoms with Crippen molar-refractivity contribution in [3.63, 3.8) is 0 Å². The molecule has 1 aliphatic rings. The molecule has 4 aromatic rings. The van der Waals surface area contributed by atoms with Crippen molar-refractivity contribution in [1.29, 1.82) is 0 Å². The van der Waals surface area contributed by atoms with E-state index < -0.39 is 0 Å². The van der Waals surface area contributed by atoms with Gasteiger partial charge in [0.1, 0.15) is 17.6 Å². The number of nitrogens with zero attached hydrogens (tertiary/aromatic N) is 5. The minimum atomic E-state index is -0.378. The number of hydrogen-bond acceptors (Lipinski definition) is 6. The fourth-order valence-corrected chi connectivity index (χ4v) is 3.75. The van der Waals surface area contributed by atoms with Gasteiger partial charge in [-0.05, 0) is 44.3 Å². The molecule has 0 atom stereocenters. The van der Waals surface area contributed by atoms with Crippen LogP contribution >= 0.6 is 0 Å². The molecule has 0 amide bonds. The van der Waals surface area contributed by atoms with Gasteiger partial charge in [0.2, 0.25) is 0 Å². The van der Waals surface area contributed by atoms with Crippen LogP contribution in [0.15, 0.2) is 58.3 Å². The van der Waals surface area contributed by atoms with Crippen LogP contribution in [0.25, 0.3) is 27.9 Å². The van der Waals surface area contributed by atoms with E-state index in [2.05, 4.69) is 32.9 Å². The summed E-state index contributed by atoms with van der Waals surface area (Å²) < 4.78 is 7.46. The molecule has 3 aromatic heterocycles. The van der Waals surface area contributed by atoms with Crippen molar-refractivity contribution >= 4 is 22.3 Å². The lowest BCUT2D eigenvalue weighted by Crippen LogP contribution is -2.28. The van der Waals surface area contributed by atoms with E-state index >= 15 is 0 Å². The first-order chi connectivity index (χ1) is 13.7. The van der Waals surface area contributed by atoms with Crippen LogP contribution in [0.2, 0.25) is 0 Å². The van der Waals surface area contributed by atoms with E-state index in [4.69, 9.17) is 4.42 Å². The average Bonchev–Trinajstić information content (AvgIpc) is 3.01. The Labute approximate surface area is 161 Å². The first-order valence-electron chi connectivity index (χ1n) is 9.48. The summed E-state index contributed by atoms with van der Waals surface area (Å²) in [5.41, 5.74) is 3.11. The van der Waals surface area contributed by atoms with Gasteiger partial charge in [-0.25, -0.2) is 14.8 Å². The van der Waals surface area contributed by atoms with Gasteiger partial charge >= 0.3 is 5.63 Å². The molecule has 0 saturated carbocycles. The van der Waals surface area contributed by atoms with Crippen molar-refractivity contribution < 1.29 is 4.42 Å². The summed E-state index contributed by atoms with van der Waals surface area (Å²) >= 11 is 0. The van der Waals surface area contributed by atoms with Gasteiger partial charge in [-0.2, -0.15) is 0 Å². The second kappa shape index (κ2) is 6.76. The summed E-state index contributed by atoms with van der Waals surface area (Å²) in [7, 11) is 2.15. The van der Waals surface area contributed by atoms with Crippen molar-refractivity contribution in [3.05, 3.63) is 59.5 Å². The number of fused-ring (bicyclic) bond motifs is 2. The Kier molecular flexibility index (Phi) is 4.09. The predicted octanol–water partition coefficient (Wildman–Crippen LogP) is 2.64. The smallest absolute Gasteiger partial charge is 0.345 e. The van der Waals surface area contributed by atoms with Gasteiger partial charge in [-0.1, -0.05) is 0 Å². The van der Waals surface area contributed by atoms with Crippen LogP contribution in [0.3, 0.4) is 0 Å². The Hall–Kier alpha value is -3.19. The average molecular weight is 375 g/mol. The quantitative estimate of drug-likeness (QED) is 0.502. The van der Waals surface area contributed by atoms with Gasteiger partial charge < -0.3 is 14.2 Å². The molecule has 0 spiro atoms. The molecule has 0 radical (unpaired) electrons. The highest BCUT2D eigenvalue weighted by molar-refractivity contribution is 5.84. The lowest BCUT2D eigenvalue weighted by molar-refractivity contribution is 0.360. The molecule has 142 valence electrons. The van der Waals surface area contributed by atoms with Crippen molar-refractivity contribution in [3.8, 4) is 11.3 Å². The zero-order valence-electron chi connectivity index (χ0n) is 15.7. The first kappa shape index (κ1) is 16.9. The second-order valence-electron chi connectivity index (χ2n) is 7.29. The molecule has 4 heterocycles. The number of anilines is 1. The van der Waals surface area contributed by atoms with Crippen molar-refractivity contribution in [2.24, 2.45) is 0 Å². The number of aromatic nitrogens is 3. The standard InChI is InChI=1S/C21H21N5O2/c1-24-7-2-8-25(10-9-24)16-4-3-15-11-17(21(27)28-19(15)12-16)18-13-26-14-22-6-5-20(26)23-18/h3-6,11-14H,2,7-10H2,1H3. The fraction of sp³-hybridized carbons (Fsp3) is 0.286. The Morgan fingerprint density at radius 3 is 2.89 bits per heavy atom. The van der Waals surface area contributed by atoms with Crippen LogP contribution in [0.5, 0.6) is 0 Å². The van der Waals surface area contributed by atoms with Gasteiger partial charge in [0.05, 0.1) is 11.3 Å². The van der Waals surface area contributed by atoms with Crippen LogP contribution in [-0.2, 0) is 0 Å². The van der Waals surface area contributed by atoms with Crippen LogP contribution in [0, 0.1) is 0 Å². The highest BCUT2D eigenvalue weighted by atomic mass is 16.4. The van der Waals surface area contributed by atoms with E-state index in [1.807, 2.05) is 18.2 Å². The topological polar surface area (TPSA) is 66.9 Å². The van der Waals surface area contributed by atoms with Crippen LogP contribution in [-0.4, -0.2) is 52.5 Å². The van der Waals surface area contributed by atoms with Crippen molar-refractivity contribution in [1.82, 2.24) is 19.3 Å². The van der Waals surface area contributed by atoms with Crippen LogP contribution in [0.1, 0.15) is 6.42 Å². The largest absolute Gasteiger partial charge is 0.422 e. The van der Waals surface area contributed by atoms with Crippen molar-refractivity contribution in [2.75, 3.05) is 38.1 Å². The van der Waals surface area contributed by atoms with Crippen LogP contribution in [0.4, 0.5) is 5.69 Å². The lowest BCUT2D eigenvalue weighted by atomic mass is 10.1.